The van der Waals surface area contributed by atoms with E-state index in [4.69, 9.17) is 4.74 Å². The molecule has 0 N–H and O–H groups in total. The molecular formula is C7H11NO2. The van der Waals surface area contributed by atoms with Gasteiger partial charge in [-0.15, -0.1) is 0 Å². The largest absolute Gasteiger partial charge is 0.356 e. The summed E-state index contributed by atoms with van der Waals surface area (Å²) in [7, 11) is 0. The minimum Gasteiger partial charge on any atom is -0.356 e. The van der Waals surface area contributed by atoms with E-state index >= 15 is 0 Å². The van der Waals surface area contributed by atoms with Crippen LogP contribution in [0.5, 0.6) is 0 Å². The van der Waals surface area contributed by atoms with Gasteiger partial charge >= 0.3 is 0 Å². The summed E-state index contributed by atoms with van der Waals surface area (Å²) in [5.41, 5.74) is 0. The molecule has 0 aromatic heterocycles. The zero-order valence-electron chi connectivity index (χ0n) is 6.04. The second kappa shape index (κ2) is 1.95. The Balaban J connectivity index is 2.16. The molecule has 2 saturated heterocycles. The third kappa shape index (κ3) is 0.669. The first kappa shape index (κ1) is 6.16. The van der Waals surface area contributed by atoms with Gasteiger partial charge in [-0.05, 0) is 13.3 Å². The number of carbonyl (C=O) groups is 1. The average Bonchev–Trinajstić information content (AvgIpc) is 2.41. The maximum atomic E-state index is 11.0. The fourth-order valence-electron chi connectivity index (χ4n) is 1.72. The molecule has 2 heterocycles. The Morgan fingerprint density at radius 3 is 3.20 bits per heavy atom. The van der Waals surface area contributed by atoms with Crippen LogP contribution in [-0.4, -0.2) is 29.7 Å². The standard InChI is InChI=1S/C7H11NO2/c1-5-6-2-3-7(9)8(6)4-10-5/h5-6H,2-4H2,1H3. The van der Waals surface area contributed by atoms with Gasteiger partial charge < -0.3 is 9.64 Å². The zero-order chi connectivity index (χ0) is 7.14. The molecule has 0 aromatic rings. The predicted octanol–water partition coefficient (Wildman–Crippen LogP) is 0.354. The van der Waals surface area contributed by atoms with Gasteiger partial charge in [0.2, 0.25) is 5.91 Å². The number of ether oxygens (including phenoxy) is 1. The Morgan fingerprint density at radius 1 is 1.70 bits per heavy atom. The first-order valence-corrected chi connectivity index (χ1v) is 3.70. The Morgan fingerprint density at radius 2 is 2.50 bits per heavy atom. The summed E-state index contributed by atoms with van der Waals surface area (Å²) in [6, 6.07) is 0.382. The monoisotopic (exact) mass is 141 g/mol. The summed E-state index contributed by atoms with van der Waals surface area (Å²) in [5.74, 6) is 0.259. The Kier molecular flexibility index (Phi) is 1.20. The molecule has 2 unspecified atom stereocenters. The summed E-state index contributed by atoms with van der Waals surface area (Å²) < 4.78 is 5.30. The van der Waals surface area contributed by atoms with E-state index < -0.39 is 0 Å². The first-order chi connectivity index (χ1) is 4.79. The summed E-state index contributed by atoms with van der Waals surface area (Å²) in [4.78, 5) is 12.9. The van der Waals surface area contributed by atoms with Crippen molar-refractivity contribution in [3.63, 3.8) is 0 Å². The average molecular weight is 141 g/mol. The van der Waals surface area contributed by atoms with E-state index in [-0.39, 0.29) is 12.0 Å². The highest BCUT2D eigenvalue weighted by Gasteiger charge is 2.39. The van der Waals surface area contributed by atoms with Gasteiger partial charge in [0, 0.05) is 6.42 Å². The lowest BCUT2D eigenvalue weighted by Gasteiger charge is -2.13. The third-order valence-electron chi connectivity index (χ3n) is 2.39. The van der Waals surface area contributed by atoms with E-state index in [1.807, 2.05) is 11.8 Å². The first-order valence-electron chi connectivity index (χ1n) is 3.70. The van der Waals surface area contributed by atoms with Crippen LogP contribution in [0, 0.1) is 0 Å². The molecule has 2 fully saturated rings. The molecular weight excluding hydrogens is 130 g/mol. The maximum absolute atomic E-state index is 11.0. The number of rotatable bonds is 0. The summed E-state index contributed by atoms with van der Waals surface area (Å²) >= 11 is 0. The summed E-state index contributed by atoms with van der Waals surface area (Å²) in [6.07, 6.45) is 1.96. The molecule has 3 heteroatoms. The summed E-state index contributed by atoms with van der Waals surface area (Å²) in [6.45, 7) is 2.55. The van der Waals surface area contributed by atoms with Crippen LogP contribution in [0.3, 0.4) is 0 Å². The van der Waals surface area contributed by atoms with Crippen molar-refractivity contribution in [2.45, 2.75) is 31.9 Å². The lowest BCUT2D eigenvalue weighted by Crippen LogP contribution is -2.30. The van der Waals surface area contributed by atoms with Crippen molar-refractivity contribution < 1.29 is 9.53 Å². The van der Waals surface area contributed by atoms with E-state index in [2.05, 4.69) is 0 Å². The van der Waals surface area contributed by atoms with E-state index in [0.29, 0.717) is 12.8 Å². The van der Waals surface area contributed by atoms with Crippen LogP contribution in [0.2, 0.25) is 0 Å². The fraction of sp³-hybridized carbons (Fsp3) is 0.857. The van der Waals surface area contributed by atoms with Crippen molar-refractivity contribution in [1.82, 2.24) is 4.90 Å². The van der Waals surface area contributed by atoms with Crippen LogP contribution < -0.4 is 0 Å². The highest BCUT2D eigenvalue weighted by molar-refractivity contribution is 5.79. The van der Waals surface area contributed by atoms with Gasteiger partial charge in [-0.2, -0.15) is 0 Å². The molecule has 2 rings (SSSR count). The van der Waals surface area contributed by atoms with Gasteiger partial charge in [-0.3, -0.25) is 4.79 Å². The predicted molar refractivity (Wildman–Crippen MR) is 35.3 cm³/mol. The Hall–Kier alpha value is -0.570. The van der Waals surface area contributed by atoms with E-state index in [1.54, 1.807) is 0 Å². The van der Waals surface area contributed by atoms with Gasteiger partial charge in [0.25, 0.3) is 0 Å². The molecule has 0 aliphatic carbocycles. The second-order valence-corrected chi connectivity index (χ2v) is 2.97. The number of nitrogens with zero attached hydrogens (tertiary/aromatic N) is 1. The molecule has 3 nitrogen and oxygen atoms in total. The van der Waals surface area contributed by atoms with Gasteiger partial charge in [-0.25, -0.2) is 0 Å². The topological polar surface area (TPSA) is 29.5 Å². The molecule has 0 radical (unpaired) electrons. The van der Waals surface area contributed by atoms with Crippen molar-refractivity contribution in [2.75, 3.05) is 6.73 Å². The molecule has 2 aliphatic heterocycles. The quantitative estimate of drug-likeness (QED) is 0.487. The van der Waals surface area contributed by atoms with Gasteiger partial charge in [0.1, 0.15) is 6.73 Å². The lowest BCUT2D eigenvalue weighted by atomic mass is 10.1. The van der Waals surface area contributed by atoms with Crippen molar-refractivity contribution in [3.8, 4) is 0 Å². The highest BCUT2D eigenvalue weighted by atomic mass is 16.5. The molecule has 0 spiro atoms. The van der Waals surface area contributed by atoms with E-state index in [0.717, 1.165) is 12.8 Å². The van der Waals surface area contributed by atoms with E-state index in [9.17, 15) is 4.79 Å². The third-order valence-corrected chi connectivity index (χ3v) is 2.39. The van der Waals surface area contributed by atoms with Crippen molar-refractivity contribution in [2.24, 2.45) is 0 Å². The molecule has 0 aromatic carbocycles. The highest BCUT2D eigenvalue weighted by Crippen LogP contribution is 2.27. The van der Waals surface area contributed by atoms with Crippen LogP contribution in [0.25, 0.3) is 0 Å². The Labute approximate surface area is 60.0 Å². The molecule has 2 atom stereocenters. The van der Waals surface area contributed by atoms with Crippen LogP contribution in [0.15, 0.2) is 0 Å². The lowest BCUT2D eigenvalue weighted by molar-refractivity contribution is -0.129. The van der Waals surface area contributed by atoms with Gasteiger partial charge in [0.15, 0.2) is 0 Å². The number of amides is 1. The normalized spacial score (nSPS) is 38.9. The van der Waals surface area contributed by atoms with Crippen LogP contribution in [0.4, 0.5) is 0 Å². The van der Waals surface area contributed by atoms with Crippen molar-refractivity contribution >= 4 is 5.91 Å². The van der Waals surface area contributed by atoms with Crippen molar-refractivity contribution in [1.29, 1.82) is 0 Å². The Bertz CT molecular complexity index is 169. The minimum atomic E-state index is 0.256. The SMILES string of the molecule is CC1OCN2C(=O)CCC12. The number of carbonyl (C=O) groups excluding carboxylic acids is 1. The number of hydrogen-bond donors (Lipinski definition) is 0. The fourth-order valence-corrected chi connectivity index (χ4v) is 1.72. The molecule has 1 amide bonds. The molecule has 56 valence electrons. The van der Waals surface area contributed by atoms with Crippen LogP contribution in [0.1, 0.15) is 19.8 Å². The number of fused-ring (bicyclic) bond motifs is 1. The second-order valence-electron chi connectivity index (χ2n) is 2.97. The van der Waals surface area contributed by atoms with Gasteiger partial charge in [0.05, 0.1) is 12.1 Å². The van der Waals surface area contributed by atoms with Crippen LogP contribution >= 0.6 is 0 Å². The molecule has 0 saturated carbocycles. The summed E-state index contributed by atoms with van der Waals surface area (Å²) in [5, 5.41) is 0. The van der Waals surface area contributed by atoms with Gasteiger partial charge in [-0.1, -0.05) is 0 Å². The smallest absolute Gasteiger partial charge is 0.224 e. The van der Waals surface area contributed by atoms with Crippen molar-refractivity contribution in [3.05, 3.63) is 0 Å². The van der Waals surface area contributed by atoms with Crippen LogP contribution in [-0.2, 0) is 9.53 Å². The molecule has 0 bridgehead atoms. The minimum absolute atomic E-state index is 0.256. The molecule has 2 aliphatic rings. The molecule has 10 heavy (non-hydrogen) atoms. The van der Waals surface area contributed by atoms with E-state index in [1.165, 1.54) is 0 Å². The zero-order valence-corrected chi connectivity index (χ0v) is 6.04. The maximum Gasteiger partial charge on any atom is 0.224 e. The number of hydrogen-bond acceptors (Lipinski definition) is 2.